The van der Waals surface area contributed by atoms with Gasteiger partial charge in [-0.15, -0.1) is 0 Å². The first-order chi connectivity index (χ1) is 8.75. The molecular weight excluding hydrogens is 244 g/mol. The van der Waals surface area contributed by atoms with Crippen LogP contribution in [0.4, 0.5) is 11.4 Å². The fourth-order valence-corrected chi connectivity index (χ4v) is 1.68. The van der Waals surface area contributed by atoms with Crippen LogP contribution in [0.5, 0.6) is 0 Å². The summed E-state index contributed by atoms with van der Waals surface area (Å²) in [6, 6.07) is 19.1. The van der Waals surface area contributed by atoms with Gasteiger partial charge in [0.05, 0.1) is 0 Å². The number of para-hydroxylation sites is 1. The van der Waals surface area contributed by atoms with Crippen LogP contribution in [0.25, 0.3) is 0 Å². The van der Waals surface area contributed by atoms with Gasteiger partial charge < -0.3 is 0 Å². The molecule has 0 bridgehead atoms. The van der Waals surface area contributed by atoms with Gasteiger partial charge in [-0.2, -0.15) is 0 Å². The minimum Gasteiger partial charge on any atom is -0.280 e. The van der Waals surface area contributed by atoms with Crippen LogP contribution in [-0.4, -0.2) is 16.4 Å². The van der Waals surface area contributed by atoms with Crippen molar-refractivity contribution in [2.75, 3.05) is 6.54 Å². The summed E-state index contributed by atoms with van der Waals surface area (Å²) in [5.41, 5.74) is 1.67. The predicted molar refractivity (Wildman–Crippen MR) is 73.8 cm³/mol. The van der Waals surface area contributed by atoms with Gasteiger partial charge in [0, 0.05) is 17.2 Å². The van der Waals surface area contributed by atoms with E-state index in [4.69, 9.17) is 0 Å². The van der Waals surface area contributed by atoms with Crippen LogP contribution in [0.15, 0.2) is 65.8 Å². The minimum atomic E-state index is -0.224. The highest BCUT2D eigenvalue weighted by atomic mass is 32.1. The summed E-state index contributed by atoms with van der Waals surface area (Å²) in [5.74, 6) is 0. The zero-order chi connectivity index (χ0) is 12.8. The number of thiol groups is 1. The van der Waals surface area contributed by atoms with Gasteiger partial charge in [0.2, 0.25) is 12.2 Å². The van der Waals surface area contributed by atoms with Gasteiger partial charge in [-0.1, -0.05) is 53.7 Å². The first-order valence-corrected chi connectivity index (χ1v) is 6.01. The molecule has 0 atom stereocenters. The number of rotatable bonds is 4. The standard InChI is InChI=1S/C14H12N2OS/c17-14(18)11-16(13-9-5-2-6-10-13)15-12-7-3-1-4-8-12/h1-10H,11H2/p+1. The van der Waals surface area contributed by atoms with Crippen molar-refractivity contribution in [3.8, 4) is 0 Å². The second-order valence-corrected chi connectivity index (χ2v) is 4.22. The first-order valence-electron chi connectivity index (χ1n) is 5.57. The molecule has 0 N–H and O–H groups in total. The highest BCUT2D eigenvalue weighted by Gasteiger charge is 2.14. The van der Waals surface area contributed by atoms with E-state index in [1.165, 1.54) is 0 Å². The van der Waals surface area contributed by atoms with E-state index in [9.17, 15) is 4.79 Å². The molecular formula is C14H13N2OS+. The topological polar surface area (TPSA) is 32.4 Å². The molecule has 2 rings (SSSR count). The summed E-state index contributed by atoms with van der Waals surface area (Å²) in [7, 11) is 0. The molecule has 0 radical (unpaired) electrons. The zero-order valence-electron chi connectivity index (χ0n) is 9.73. The SMILES string of the molecule is O=C(S)C[N+](=Nc1ccccc1)c1ccccc1. The van der Waals surface area contributed by atoms with E-state index >= 15 is 0 Å². The van der Waals surface area contributed by atoms with E-state index in [0.717, 1.165) is 11.4 Å². The largest absolute Gasteiger partial charge is 0.280 e. The molecule has 2 aromatic carbocycles. The number of carbonyl (C=O) groups excluding carboxylic acids is 1. The molecule has 90 valence electrons. The van der Waals surface area contributed by atoms with E-state index in [1.54, 1.807) is 4.70 Å². The van der Waals surface area contributed by atoms with Crippen LogP contribution in [0.1, 0.15) is 0 Å². The van der Waals surface area contributed by atoms with E-state index in [2.05, 4.69) is 17.7 Å². The van der Waals surface area contributed by atoms with Gasteiger partial charge >= 0.3 is 0 Å². The lowest BCUT2D eigenvalue weighted by molar-refractivity contribution is -0.495. The quantitative estimate of drug-likeness (QED) is 0.507. The second kappa shape index (κ2) is 6.12. The molecule has 0 fully saturated rings. The Hall–Kier alpha value is -1.94. The summed E-state index contributed by atoms with van der Waals surface area (Å²) in [5, 5.41) is 4.21. The molecule has 3 nitrogen and oxygen atoms in total. The van der Waals surface area contributed by atoms with Gasteiger partial charge in [0.1, 0.15) is 5.69 Å². The third-order valence-corrected chi connectivity index (χ3v) is 2.47. The summed E-state index contributed by atoms with van der Waals surface area (Å²) in [6.45, 7) is 0.141. The number of benzene rings is 2. The third kappa shape index (κ3) is 3.53. The summed E-state index contributed by atoms with van der Waals surface area (Å²) >= 11 is 3.81. The fourth-order valence-electron chi connectivity index (χ4n) is 1.55. The van der Waals surface area contributed by atoms with Gasteiger partial charge in [0.15, 0.2) is 0 Å². The van der Waals surface area contributed by atoms with Gasteiger partial charge in [-0.25, -0.2) is 0 Å². The van der Waals surface area contributed by atoms with Gasteiger partial charge in [-0.3, -0.25) is 4.79 Å². The Bertz CT molecular complexity index is 553. The Kier molecular flexibility index (Phi) is 4.25. The smallest absolute Gasteiger partial charge is 0.253 e. The summed E-state index contributed by atoms with van der Waals surface area (Å²) in [4.78, 5) is 11.2. The lowest BCUT2D eigenvalue weighted by atomic mass is 10.3. The lowest BCUT2D eigenvalue weighted by Gasteiger charge is -1.97. The first kappa shape index (κ1) is 12.5. The Labute approximate surface area is 111 Å². The lowest BCUT2D eigenvalue weighted by Crippen LogP contribution is -2.10. The molecule has 0 unspecified atom stereocenters. The highest BCUT2D eigenvalue weighted by molar-refractivity contribution is 7.96. The normalized spacial score (nSPS) is 11.3. The fraction of sp³-hybridized carbons (Fsp3) is 0.0714. The average Bonchev–Trinajstić information content (AvgIpc) is 2.40. The van der Waals surface area contributed by atoms with E-state index in [1.807, 2.05) is 60.7 Å². The molecule has 4 heteroatoms. The van der Waals surface area contributed by atoms with Gasteiger partial charge in [-0.05, 0) is 12.1 Å². The van der Waals surface area contributed by atoms with Crippen molar-refractivity contribution in [1.29, 1.82) is 0 Å². The molecule has 0 spiro atoms. The molecule has 18 heavy (non-hydrogen) atoms. The van der Waals surface area contributed by atoms with Crippen molar-refractivity contribution in [2.45, 2.75) is 0 Å². The maximum absolute atomic E-state index is 11.2. The van der Waals surface area contributed by atoms with Crippen LogP contribution in [0.3, 0.4) is 0 Å². The second-order valence-electron chi connectivity index (χ2n) is 3.72. The van der Waals surface area contributed by atoms with E-state index < -0.39 is 0 Å². The highest BCUT2D eigenvalue weighted by Crippen LogP contribution is 2.17. The molecule has 0 saturated carbocycles. The van der Waals surface area contributed by atoms with Crippen molar-refractivity contribution in [3.63, 3.8) is 0 Å². The maximum Gasteiger partial charge on any atom is 0.253 e. The molecule has 2 aromatic rings. The third-order valence-electron chi connectivity index (χ3n) is 2.33. The van der Waals surface area contributed by atoms with Crippen molar-refractivity contribution < 1.29 is 9.49 Å². The number of nitrogens with zero attached hydrogens (tertiary/aromatic N) is 2. The molecule has 0 saturated heterocycles. The Morgan fingerprint density at radius 2 is 1.56 bits per heavy atom. The van der Waals surface area contributed by atoms with Crippen molar-refractivity contribution in [1.82, 2.24) is 0 Å². The van der Waals surface area contributed by atoms with E-state index in [0.29, 0.717) is 0 Å². The summed E-state index contributed by atoms with van der Waals surface area (Å²) < 4.78 is 1.64. The van der Waals surface area contributed by atoms with Crippen molar-refractivity contribution in [2.24, 2.45) is 5.11 Å². The molecule has 0 amide bonds. The predicted octanol–water partition coefficient (Wildman–Crippen LogP) is 3.57. The number of hydrogen-bond donors (Lipinski definition) is 1. The van der Waals surface area contributed by atoms with Crippen LogP contribution < -0.4 is 0 Å². The molecule has 0 aliphatic rings. The van der Waals surface area contributed by atoms with Crippen LogP contribution >= 0.6 is 12.6 Å². The number of carbonyl (C=O) groups is 1. The molecule has 0 aliphatic carbocycles. The van der Waals surface area contributed by atoms with Crippen molar-refractivity contribution >= 4 is 29.1 Å². The van der Waals surface area contributed by atoms with E-state index in [-0.39, 0.29) is 11.7 Å². The van der Waals surface area contributed by atoms with Gasteiger partial charge in [0.25, 0.3) is 5.12 Å². The number of hydrogen-bond acceptors (Lipinski definition) is 2. The van der Waals surface area contributed by atoms with Crippen LogP contribution in [-0.2, 0) is 4.79 Å². The molecule has 0 aromatic heterocycles. The van der Waals surface area contributed by atoms with Crippen LogP contribution in [0.2, 0.25) is 0 Å². The zero-order valence-corrected chi connectivity index (χ0v) is 10.6. The Morgan fingerprint density at radius 3 is 2.11 bits per heavy atom. The monoisotopic (exact) mass is 257 g/mol. The summed E-state index contributed by atoms with van der Waals surface area (Å²) in [6.07, 6.45) is 0. The Balaban J connectivity index is 2.37. The van der Waals surface area contributed by atoms with Crippen LogP contribution in [0, 0.1) is 0 Å². The Morgan fingerprint density at radius 1 is 1.00 bits per heavy atom. The molecule has 0 heterocycles. The molecule has 0 aliphatic heterocycles. The van der Waals surface area contributed by atoms with Crippen molar-refractivity contribution in [3.05, 3.63) is 60.7 Å². The average molecular weight is 257 g/mol. The maximum atomic E-state index is 11.2. The number of azo groups is 2. The minimum absolute atomic E-state index is 0.141.